The van der Waals surface area contributed by atoms with Crippen LogP contribution in [0.4, 0.5) is 5.69 Å². The van der Waals surface area contributed by atoms with E-state index in [4.69, 9.17) is 4.74 Å². The lowest BCUT2D eigenvalue weighted by Crippen LogP contribution is -2.30. The maximum Gasteiger partial charge on any atom is 0.311 e. The van der Waals surface area contributed by atoms with E-state index in [1.165, 1.54) is 4.90 Å². The largest absolute Gasteiger partial charge is 0.426 e. The van der Waals surface area contributed by atoms with Crippen LogP contribution < -0.4 is 9.64 Å². The molecule has 134 valence electrons. The Bertz CT molecular complexity index is 645. The van der Waals surface area contributed by atoms with Crippen LogP contribution in [0.3, 0.4) is 0 Å². The third-order valence-corrected chi connectivity index (χ3v) is 5.13. The molecule has 1 heterocycles. The second kappa shape index (κ2) is 7.81. The fourth-order valence-corrected chi connectivity index (χ4v) is 3.80. The molecule has 0 aromatic heterocycles. The first-order valence-corrected chi connectivity index (χ1v) is 9.30. The van der Waals surface area contributed by atoms with Crippen LogP contribution in [0.5, 0.6) is 5.75 Å². The summed E-state index contributed by atoms with van der Waals surface area (Å²) in [7, 11) is 0. The molecule has 1 aromatic rings. The Hall–Kier alpha value is -2.17. The lowest BCUT2D eigenvalue weighted by molar-refractivity contribution is -0.134. The first kappa shape index (κ1) is 17.6. The molecular formula is C20H25NO4. The van der Waals surface area contributed by atoms with Gasteiger partial charge in [-0.2, -0.15) is 0 Å². The number of esters is 1. The van der Waals surface area contributed by atoms with Crippen molar-refractivity contribution in [1.82, 2.24) is 0 Å². The molecule has 1 aromatic carbocycles. The number of fused-ring (bicyclic) bond motifs is 1. The second-order valence-corrected chi connectivity index (χ2v) is 6.94. The molecule has 1 saturated heterocycles. The van der Waals surface area contributed by atoms with Crippen LogP contribution in [0.15, 0.2) is 24.3 Å². The zero-order valence-corrected chi connectivity index (χ0v) is 14.7. The Morgan fingerprint density at radius 2 is 1.80 bits per heavy atom. The van der Waals surface area contributed by atoms with Gasteiger partial charge in [-0.25, -0.2) is 4.90 Å². The summed E-state index contributed by atoms with van der Waals surface area (Å²) in [6.07, 6.45) is 6.81. The van der Waals surface area contributed by atoms with E-state index < -0.39 is 0 Å². The van der Waals surface area contributed by atoms with E-state index >= 15 is 0 Å². The highest BCUT2D eigenvalue weighted by Gasteiger charge is 2.48. The second-order valence-electron chi connectivity index (χ2n) is 6.94. The maximum atomic E-state index is 12.7. The van der Waals surface area contributed by atoms with Crippen molar-refractivity contribution in [3.05, 3.63) is 24.3 Å². The molecule has 2 amide bonds. The average Bonchev–Trinajstić information content (AvgIpc) is 2.87. The predicted molar refractivity (Wildman–Crippen MR) is 94.2 cm³/mol. The standard InChI is InChI=1S/C20H25NO4/c1-2-3-4-12-18(22)25-15-9-7-8-14(13-15)21-19(23)16-10-5-6-11-17(16)20(21)24/h7-9,13,16-17H,2-6,10-12H2,1H3/t16-,17-/m1/s1. The summed E-state index contributed by atoms with van der Waals surface area (Å²) in [5.74, 6) is -0.474. The number of hydrogen-bond donors (Lipinski definition) is 0. The van der Waals surface area contributed by atoms with Gasteiger partial charge in [0.15, 0.2) is 0 Å². The lowest BCUT2D eigenvalue weighted by atomic mass is 9.81. The molecule has 0 unspecified atom stereocenters. The van der Waals surface area contributed by atoms with E-state index in [-0.39, 0.29) is 29.6 Å². The third kappa shape index (κ3) is 3.75. The van der Waals surface area contributed by atoms with Crippen LogP contribution in [0.25, 0.3) is 0 Å². The van der Waals surface area contributed by atoms with Gasteiger partial charge in [0.25, 0.3) is 0 Å². The maximum absolute atomic E-state index is 12.7. The normalized spacial score (nSPS) is 22.8. The number of imide groups is 1. The Labute approximate surface area is 148 Å². The Balaban J connectivity index is 1.72. The summed E-state index contributed by atoms with van der Waals surface area (Å²) in [6.45, 7) is 2.08. The van der Waals surface area contributed by atoms with Crippen LogP contribution in [0.1, 0.15) is 58.3 Å². The molecular weight excluding hydrogens is 318 g/mol. The number of nitrogens with zero attached hydrogens (tertiary/aromatic N) is 1. The van der Waals surface area contributed by atoms with Crippen molar-refractivity contribution in [1.29, 1.82) is 0 Å². The number of rotatable bonds is 6. The molecule has 0 N–H and O–H groups in total. The van der Waals surface area contributed by atoms with Crippen molar-refractivity contribution in [3.8, 4) is 5.75 Å². The smallest absolute Gasteiger partial charge is 0.311 e. The number of amides is 2. The van der Waals surface area contributed by atoms with Gasteiger partial charge in [-0.3, -0.25) is 14.4 Å². The SMILES string of the molecule is CCCCCC(=O)Oc1cccc(N2C(=O)[C@@H]3CCCC[C@H]3C2=O)c1. The molecule has 2 fully saturated rings. The van der Waals surface area contributed by atoms with E-state index in [1.54, 1.807) is 24.3 Å². The summed E-state index contributed by atoms with van der Waals surface area (Å²) in [5, 5.41) is 0. The molecule has 5 heteroatoms. The summed E-state index contributed by atoms with van der Waals surface area (Å²) >= 11 is 0. The van der Waals surface area contributed by atoms with Crippen molar-refractivity contribution in [2.75, 3.05) is 4.90 Å². The molecule has 25 heavy (non-hydrogen) atoms. The fourth-order valence-electron chi connectivity index (χ4n) is 3.80. The van der Waals surface area contributed by atoms with Crippen LogP contribution in [0.2, 0.25) is 0 Å². The minimum absolute atomic E-state index is 0.110. The van der Waals surface area contributed by atoms with E-state index in [2.05, 4.69) is 6.92 Å². The lowest BCUT2D eigenvalue weighted by Gasteiger charge is -2.19. The van der Waals surface area contributed by atoms with Crippen LogP contribution >= 0.6 is 0 Å². The van der Waals surface area contributed by atoms with Gasteiger partial charge in [0.05, 0.1) is 17.5 Å². The molecule has 1 aliphatic heterocycles. The third-order valence-electron chi connectivity index (χ3n) is 5.13. The molecule has 0 spiro atoms. The monoisotopic (exact) mass is 343 g/mol. The molecule has 5 nitrogen and oxygen atoms in total. The number of unbranched alkanes of at least 4 members (excludes halogenated alkanes) is 2. The predicted octanol–water partition coefficient (Wildman–Crippen LogP) is 3.85. The van der Waals surface area contributed by atoms with Crippen molar-refractivity contribution < 1.29 is 19.1 Å². The zero-order valence-electron chi connectivity index (χ0n) is 14.7. The highest BCUT2D eigenvalue weighted by molar-refractivity contribution is 6.22. The Kier molecular flexibility index (Phi) is 5.51. The number of anilines is 1. The molecule has 2 aliphatic rings. The van der Waals surface area contributed by atoms with Gasteiger partial charge >= 0.3 is 5.97 Å². The van der Waals surface area contributed by atoms with Crippen molar-refractivity contribution in [2.24, 2.45) is 11.8 Å². The quantitative estimate of drug-likeness (QED) is 0.341. The Morgan fingerprint density at radius 1 is 1.12 bits per heavy atom. The van der Waals surface area contributed by atoms with E-state index in [1.807, 2.05) is 0 Å². The van der Waals surface area contributed by atoms with Gasteiger partial charge in [-0.05, 0) is 31.4 Å². The van der Waals surface area contributed by atoms with Gasteiger partial charge in [0, 0.05) is 12.5 Å². The summed E-state index contributed by atoms with van der Waals surface area (Å²) in [5.41, 5.74) is 0.503. The highest BCUT2D eigenvalue weighted by atomic mass is 16.5. The van der Waals surface area contributed by atoms with Gasteiger partial charge in [-0.15, -0.1) is 0 Å². The van der Waals surface area contributed by atoms with Crippen LogP contribution in [-0.4, -0.2) is 17.8 Å². The highest BCUT2D eigenvalue weighted by Crippen LogP contribution is 2.40. The summed E-state index contributed by atoms with van der Waals surface area (Å²) in [6, 6.07) is 6.73. The van der Waals surface area contributed by atoms with Crippen molar-refractivity contribution >= 4 is 23.5 Å². The molecule has 3 rings (SSSR count). The summed E-state index contributed by atoms with van der Waals surface area (Å²) in [4.78, 5) is 38.5. The topological polar surface area (TPSA) is 63.7 Å². The summed E-state index contributed by atoms with van der Waals surface area (Å²) < 4.78 is 5.36. The number of ether oxygens (including phenoxy) is 1. The van der Waals surface area contributed by atoms with Gasteiger partial charge in [0.1, 0.15) is 5.75 Å². The zero-order chi connectivity index (χ0) is 17.8. The molecule has 0 radical (unpaired) electrons. The van der Waals surface area contributed by atoms with E-state index in [9.17, 15) is 14.4 Å². The van der Waals surface area contributed by atoms with E-state index in [0.29, 0.717) is 17.9 Å². The minimum Gasteiger partial charge on any atom is -0.426 e. The fraction of sp³-hybridized carbons (Fsp3) is 0.550. The molecule has 1 aliphatic carbocycles. The number of hydrogen-bond acceptors (Lipinski definition) is 4. The Morgan fingerprint density at radius 3 is 2.44 bits per heavy atom. The molecule has 2 atom stereocenters. The van der Waals surface area contributed by atoms with Gasteiger partial charge < -0.3 is 4.74 Å². The first-order valence-electron chi connectivity index (χ1n) is 9.30. The first-order chi connectivity index (χ1) is 12.1. The van der Waals surface area contributed by atoms with Crippen molar-refractivity contribution in [2.45, 2.75) is 58.3 Å². The number of carbonyl (C=O) groups is 3. The van der Waals surface area contributed by atoms with Crippen LogP contribution in [-0.2, 0) is 14.4 Å². The van der Waals surface area contributed by atoms with Crippen LogP contribution in [0, 0.1) is 11.8 Å². The number of carbonyl (C=O) groups excluding carboxylic acids is 3. The van der Waals surface area contributed by atoms with Crippen molar-refractivity contribution in [3.63, 3.8) is 0 Å². The van der Waals surface area contributed by atoms with E-state index in [0.717, 1.165) is 44.9 Å². The van der Waals surface area contributed by atoms with Gasteiger partial charge in [0.2, 0.25) is 11.8 Å². The average molecular weight is 343 g/mol. The molecule has 0 bridgehead atoms. The minimum atomic E-state index is -0.279. The number of benzene rings is 1. The molecule has 1 saturated carbocycles. The van der Waals surface area contributed by atoms with Gasteiger partial charge in [-0.1, -0.05) is 38.7 Å².